The first kappa shape index (κ1) is 16.4. The fraction of sp³-hybridized carbons (Fsp3) is 0.333. The summed E-state index contributed by atoms with van der Waals surface area (Å²) in [5.41, 5.74) is 0. The van der Waals surface area contributed by atoms with E-state index in [2.05, 4.69) is 26.6 Å². The lowest BCUT2D eigenvalue weighted by Crippen LogP contribution is -2.26. The van der Waals surface area contributed by atoms with Crippen molar-refractivity contribution in [1.29, 1.82) is 0 Å². The lowest BCUT2D eigenvalue weighted by Gasteiger charge is -2.10. The minimum atomic E-state index is -3.58. The van der Waals surface area contributed by atoms with Gasteiger partial charge in [-0.15, -0.1) is 18.2 Å². The van der Waals surface area contributed by atoms with Crippen LogP contribution in [0.25, 0.3) is 0 Å². The number of hydrogen-bond acceptors (Lipinski definition) is 4. The van der Waals surface area contributed by atoms with E-state index < -0.39 is 10.0 Å². The largest absolute Gasteiger partial charge is 0.495 e. The molecule has 0 aliphatic rings. The molecule has 0 saturated carbocycles. The summed E-state index contributed by atoms with van der Waals surface area (Å²) in [6.07, 6.45) is 5.11. The Kier molecular flexibility index (Phi) is 6.72. The third kappa shape index (κ3) is 5.07. The summed E-state index contributed by atoms with van der Waals surface area (Å²) in [6, 6.07) is 4.84. The second kappa shape index (κ2) is 7.80. The molecule has 0 heterocycles. The van der Waals surface area contributed by atoms with Crippen LogP contribution in [0.5, 0.6) is 5.75 Å². The van der Waals surface area contributed by atoms with Gasteiger partial charge in [0.25, 0.3) is 0 Å². The summed E-state index contributed by atoms with van der Waals surface area (Å²) < 4.78 is 32.5. The summed E-state index contributed by atoms with van der Waals surface area (Å²) in [7, 11) is -2.15. The third-order valence-corrected chi connectivity index (χ3v) is 4.98. The van der Waals surface area contributed by atoms with E-state index in [1.807, 2.05) is 0 Å². The SMILES string of the molecule is C#CCSCCNS(=O)(=O)c1cc(Br)ccc1OC. The van der Waals surface area contributed by atoms with Crippen LogP contribution in [0.4, 0.5) is 0 Å². The number of benzene rings is 1. The highest BCUT2D eigenvalue weighted by molar-refractivity contribution is 9.10. The van der Waals surface area contributed by atoms with Crippen molar-refractivity contribution in [3.8, 4) is 18.1 Å². The summed E-state index contributed by atoms with van der Waals surface area (Å²) in [5.74, 6) is 3.99. The number of halogens is 1. The van der Waals surface area contributed by atoms with Gasteiger partial charge in [-0.05, 0) is 18.2 Å². The number of methoxy groups -OCH3 is 1. The fourth-order valence-corrected chi connectivity index (χ4v) is 3.69. The Morgan fingerprint density at radius 1 is 1.53 bits per heavy atom. The molecule has 0 aliphatic heterocycles. The molecule has 0 unspecified atom stereocenters. The topological polar surface area (TPSA) is 55.4 Å². The van der Waals surface area contributed by atoms with E-state index in [-0.39, 0.29) is 4.90 Å². The van der Waals surface area contributed by atoms with Gasteiger partial charge in [0.05, 0.1) is 12.9 Å². The predicted molar refractivity (Wildman–Crippen MR) is 82.0 cm³/mol. The number of hydrogen-bond donors (Lipinski definition) is 1. The van der Waals surface area contributed by atoms with Gasteiger partial charge in [0.1, 0.15) is 10.6 Å². The molecule has 0 fully saturated rings. The normalized spacial score (nSPS) is 11.0. The number of ether oxygens (including phenoxy) is 1. The van der Waals surface area contributed by atoms with Gasteiger partial charge in [-0.1, -0.05) is 21.9 Å². The molecule has 1 N–H and O–H groups in total. The Morgan fingerprint density at radius 2 is 2.26 bits per heavy atom. The highest BCUT2D eigenvalue weighted by Gasteiger charge is 2.19. The molecule has 0 radical (unpaired) electrons. The number of thioether (sulfide) groups is 1. The van der Waals surface area contributed by atoms with Crippen LogP contribution in [0, 0.1) is 12.3 Å². The summed E-state index contributed by atoms with van der Waals surface area (Å²) >= 11 is 4.74. The Hall–Kier alpha value is -0.680. The van der Waals surface area contributed by atoms with E-state index in [4.69, 9.17) is 11.2 Å². The van der Waals surface area contributed by atoms with Crippen LogP contribution >= 0.6 is 27.7 Å². The first-order valence-electron chi connectivity index (χ1n) is 5.35. The first-order chi connectivity index (χ1) is 9.01. The van der Waals surface area contributed by atoms with Crippen molar-refractivity contribution in [3.05, 3.63) is 22.7 Å². The molecule has 0 spiro atoms. The lowest BCUT2D eigenvalue weighted by molar-refractivity contribution is 0.402. The van der Waals surface area contributed by atoms with E-state index in [0.29, 0.717) is 28.3 Å². The van der Waals surface area contributed by atoms with E-state index in [1.165, 1.54) is 24.9 Å². The average molecular weight is 364 g/mol. The second-order valence-corrected chi connectivity index (χ2v) is 7.21. The van der Waals surface area contributed by atoms with Crippen LogP contribution < -0.4 is 9.46 Å². The van der Waals surface area contributed by atoms with E-state index >= 15 is 0 Å². The van der Waals surface area contributed by atoms with Crippen molar-refractivity contribution in [1.82, 2.24) is 4.72 Å². The zero-order chi connectivity index (χ0) is 14.3. The van der Waals surface area contributed by atoms with Gasteiger partial charge in [0.15, 0.2) is 0 Å². The van der Waals surface area contributed by atoms with Crippen LogP contribution in [-0.4, -0.2) is 33.6 Å². The maximum absolute atomic E-state index is 12.1. The van der Waals surface area contributed by atoms with Crippen LogP contribution in [0.2, 0.25) is 0 Å². The van der Waals surface area contributed by atoms with Crippen molar-refractivity contribution < 1.29 is 13.2 Å². The van der Waals surface area contributed by atoms with Gasteiger partial charge in [0.2, 0.25) is 10.0 Å². The van der Waals surface area contributed by atoms with E-state index in [0.717, 1.165) is 0 Å². The summed E-state index contributed by atoms with van der Waals surface area (Å²) in [6.45, 7) is 0.324. The Labute approximate surface area is 126 Å². The monoisotopic (exact) mass is 363 g/mol. The van der Waals surface area contributed by atoms with Gasteiger partial charge in [-0.2, -0.15) is 0 Å². The molecule has 0 aliphatic carbocycles. The molecule has 0 aromatic heterocycles. The average Bonchev–Trinajstić information content (AvgIpc) is 2.38. The molecule has 1 aromatic carbocycles. The van der Waals surface area contributed by atoms with Gasteiger partial charge < -0.3 is 4.74 Å². The molecule has 1 rings (SSSR count). The zero-order valence-electron chi connectivity index (χ0n) is 10.3. The Balaban J connectivity index is 2.77. The van der Waals surface area contributed by atoms with E-state index in [1.54, 1.807) is 12.1 Å². The summed E-state index contributed by atoms with van der Waals surface area (Å²) in [4.78, 5) is 0.117. The number of nitrogens with one attached hydrogen (secondary N) is 1. The molecule has 7 heteroatoms. The fourth-order valence-electron chi connectivity index (χ4n) is 1.32. The van der Waals surface area contributed by atoms with Crippen molar-refractivity contribution in [2.24, 2.45) is 0 Å². The molecule has 104 valence electrons. The number of terminal acetylenes is 1. The zero-order valence-corrected chi connectivity index (χ0v) is 13.6. The number of sulfonamides is 1. The highest BCUT2D eigenvalue weighted by Crippen LogP contribution is 2.26. The molecule has 0 saturated heterocycles. The van der Waals surface area contributed by atoms with E-state index in [9.17, 15) is 8.42 Å². The summed E-state index contributed by atoms with van der Waals surface area (Å²) in [5, 5.41) is 0. The highest BCUT2D eigenvalue weighted by atomic mass is 79.9. The maximum atomic E-state index is 12.1. The van der Waals surface area contributed by atoms with Gasteiger partial charge in [-0.3, -0.25) is 0 Å². The third-order valence-electron chi connectivity index (χ3n) is 2.14. The molecular formula is C12H14BrNO3S2. The van der Waals surface area contributed by atoms with Crippen LogP contribution in [0.15, 0.2) is 27.6 Å². The molecule has 0 atom stereocenters. The quantitative estimate of drug-likeness (QED) is 0.595. The molecule has 19 heavy (non-hydrogen) atoms. The Bertz CT molecular complexity index is 567. The predicted octanol–water partition coefficient (Wildman–Crippen LogP) is 2.10. The molecule has 0 amide bonds. The Morgan fingerprint density at radius 3 is 2.89 bits per heavy atom. The van der Waals surface area contributed by atoms with Crippen LogP contribution in [0.1, 0.15) is 0 Å². The van der Waals surface area contributed by atoms with Crippen LogP contribution in [-0.2, 0) is 10.0 Å². The molecule has 1 aromatic rings. The van der Waals surface area contributed by atoms with Gasteiger partial charge >= 0.3 is 0 Å². The standard InChI is InChI=1S/C12H14BrNO3S2/c1-3-7-18-8-6-14-19(15,16)12-9-10(13)4-5-11(12)17-2/h1,4-5,9,14H,6-8H2,2H3. The lowest BCUT2D eigenvalue weighted by atomic mass is 10.3. The van der Waals surface area contributed by atoms with Crippen molar-refractivity contribution >= 4 is 37.7 Å². The molecule has 4 nitrogen and oxygen atoms in total. The van der Waals surface area contributed by atoms with Gasteiger partial charge in [0, 0.05) is 16.8 Å². The second-order valence-electron chi connectivity index (χ2n) is 3.45. The maximum Gasteiger partial charge on any atom is 0.244 e. The van der Waals surface area contributed by atoms with Gasteiger partial charge in [-0.25, -0.2) is 13.1 Å². The first-order valence-corrected chi connectivity index (χ1v) is 8.78. The molecular weight excluding hydrogens is 350 g/mol. The smallest absolute Gasteiger partial charge is 0.244 e. The minimum absolute atomic E-state index is 0.117. The molecule has 0 bridgehead atoms. The van der Waals surface area contributed by atoms with Crippen LogP contribution in [0.3, 0.4) is 0 Å². The minimum Gasteiger partial charge on any atom is -0.495 e. The van der Waals surface area contributed by atoms with Crippen molar-refractivity contribution in [2.75, 3.05) is 25.2 Å². The number of rotatable bonds is 7. The van der Waals surface area contributed by atoms with Crippen molar-refractivity contribution in [3.63, 3.8) is 0 Å². The van der Waals surface area contributed by atoms with Crippen molar-refractivity contribution in [2.45, 2.75) is 4.90 Å².